The average molecular weight is 282 g/mol. The Balaban J connectivity index is 2.47. The average Bonchev–Trinajstić information content (AvgIpc) is 2.72. The van der Waals surface area contributed by atoms with Gasteiger partial charge in [0.25, 0.3) is 0 Å². The molecule has 1 N–H and O–H groups in total. The van der Waals surface area contributed by atoms with Gasteiger partial charge in [-0.05, 0) is 54.8 Å². The van der Waals surface area contributed by atoms with E-state index in [1.54, 1.807) is 6.26 Å². The Labute approximate surface area is 123 Å². The molecule has 4 nitrogen and oxygen atoms in total. The largest absolute Gasteiger partial charge is 0.468 e. The van der Waals surface area contributed by atoms with E-state index in [9.17, 15) is 0 Å². The van der Waals surface area contributed by atoms with Crippen molar-refractivity contribution in [2.45, 2.75) is 58.8 Å². The number of rotatable bonds is 7. The minimum absolute atomic E-state index is 0.0353. The van der Waals surface area contributed by atoms with Crippen LogP contribution in [0.2, 0.25) is 0 Å². The summed E-state index contributed by atoms with van der Waals surface area (Å²) in [5, 5.41) is 3.43. The van der Waals surface area contributed by atoms with Gasteiger partial charge in [0.05, 0.1) is 26.0 Å². The van der Waals surface area contributed by atoms with Crippen LogP contribution in [0, 0.1) is 0 Å². The van der Waals surface area contributed by atoms with Crippen LogP contribution in [0.5, 0.6) is 0 Å². The first-order valence-electron chi connectivity index (χ1n) is 7.17. The van der Waals surface area contributed by atoms with Gasteiger partial charge in [-0.1, -0.05) is 0 Å². The van der Waals surface area contributed by atoms with Crippen LogP contribution < -0.4 is 5.32 Å². The molecule has 4 heteroatoms. The monoisotopic (exact) mass is 282 g/mol. The Morgan fingerprint density at radius 1 is 1.20 bits per heavy atom. The van der Waals surface area contributed by atoms with E-state index < -0.39 is 0 Å². The lowest BCUT2D eigenvalue weighted by atomic mass is 10.1. The molecule has 0 aliphatic heterocycles. The molecule has 0 amide bonds. The zero-order chi connectivity index (χ0) is 15.4. The van der Waals surface area contributed by atoms with E-state index >= 15 is 0 Å². The van der Waals surface area contributed by atoms with Crippen molar-refractivity contribution in [2.75, 3.05) is 20.7 Å². The summed E-state index contributed by atoms with van der Waals surface area (Å²) in [6.45, 7) is 12.8. The van der Waals surface area contributed by atoms with E-state index in [0.717, 1.165) is 17.9 Å². The minimum atomic E-state index is 0.0353. The van der Waals surface area contributed by atoms with Crippen LogP contribution in [0.15, 0.2) is 16.7 Å². The Bertz CT molecular complexity index is 403. The summed E-state index contributed by atoms with van der Waals surface area (Å²) in [6.07, 6.45) is 1.73. The highest BCUT2D eigenvalue weighted by molar-refractivity contribution is 5.16. The van der Waals surface area contributed by atoms with Crippen LogP contribution in [-0.4, -0.2) is 36.7 Å². The second-order valence-corrected chi connectivity index (χ2v) is 7.17. The molecule has 1 rings (SSSR count). The number of nitrogens with zero attached hydrogens (tertiary/aromatic N) is 1. The lowest BCUT2D eigenvalue weighted by molar-refractivity contribution is 0.0269. The fourth-order valence-electron chi connectivity index (χ4n) is 1.54. The molecule has 0 radical (unpaired) electrons. The zero-order valence-electron chi connectivity index (χ0n) is 14.0. The summed E-state index contributed by atoms with van der Waals surface area (Å²) in [5.74, 6) is 0.961. The maximum absolute atomic E-state index is 5.85. The van der Waals surface area contributed by atoms with Crippen LogP contribution in [-0.2, 0) is 17.9 Å². The predicted molar refractivity (Wildman–Crippen MR) is 82.7 cm³/mol. The number of likely N-dealkylation sites (N-methyl/N-ethyl adjacent to an activating group) is 1. The molecule has 116 valence electrons. The highest BCUT2D eigenvalue weighted by Gasteiger charge is 2.21. The summed E-state index contributed by atoms with van der Waals surface area (Å²) < 4.78 is 11.4. The van der Waals surface area contributed by atoms with Crippen LogP contribution in [0.1, 0.15) is 45.9 Å². The number of nitrogens with one attached hydrogen (secondary N) is 1. The van der Waals surface area contributed by atoms with E-state index in [4.69, 9.17) is 9.15 Å². The molecule has 0 atom stereocenters. The van der Waals surface area contributed by atoms with Crippen molar-refractivity contribution in [3.63, 3.8) is 0 Å². The number of furan rings is 1. The van der Waals surface area contributed by atoms with Crippen LogP contribution in [0.3, 0.4) is 0 Å². The molecule has 0 aliphatic carbocycles. The molecule has 0 bridgehead atoms. The van der Waals surface area contributed by atoms with Gasteiger partial charge in [0.1, 0.15) is 5.76 Å². The fourth-order valence-corrected chi connectivity index (χ4v) is 1.54. The van der Waals surface area contributed by atoms with Gasteiger partial charge >= 0.3 is 0 Å². The first kappa shape index (κ1) is 17.2. The molecule has 0 saturated carbocycles. The Kier molecular flexibility index (Phi) is 5.80. The third-order valence-electron chi connectivity index (χ3n) is 3.54. The first-order chi connectivity index (χ1) is 9.12. The molecular formula is C16H30N2O2. The van der Waals surface area contributed by atoms with Gasteiger partial charge in [-0.2, -0.15) is 0 Å². The summed E-state index contributed by atoms with van der Waals surface area (Å²) >= 11 is 0. The van der Waals surface area contributed by atoms with Crippen molar-refractivity contribution in [3.05, 3.63) is 23.7 Å². The predicted octanol–water partition coefficient (Wildman–Crippen LogP) is 3.02. The van der Waals surface area contributed by atoms with Gasteiger partial charge < -0.3 is 19.4 Å². The van der Waals surface area contributed by atoms with Gasteiger partial charge in [0.2, 0.25) is 0 Å². The molecule has 0 saturated heterocycles. The highest BCUT2D eigenvalue weighted by Crippen LogP contribution is 2.16. The maximum atomic E-state index is 5.85. The summed E-state index contributed by atoms with van der Waals surface area (Å²) in [7, 11) is 4.14. The Hall–Kier alpha value is -0.840. The molecule has 1 aromatic heterocycles. The number of ether oxygens (including phenoxy) is 1. The van der Waals surface area contributed by atoms with Crippen molar-refractivity contribution in [2.24, 2.45) is 0 Å². The lowest BCUT2D eigenvalue weighted by Crippen LogP contribution is -2.42. The number of hydrogen-bond donors (Lipinski definition) is 1. The quantitative estimate of drug-likeness (QED) is 0.834. The van der Waals surface area contributed by atoms with Gasteiger partial charge in [-0.25, -0.2) is 0 Å². The van der Waals surface area contributed by atoms with Gasteiger partial charge in [0, 0.05) is 16.6 Å². The van der Waals surface area contributed by atoms with E-state index in [1.807, 2.05) is 6.07 Å². The molecule has 1 heterocycles. The van der Waals surface area contributed by atoms with Gasteiger partial charge in [0.15, 0.2) is 0 Å². The van der Waals surface area contributed by atoms with Crippen molar-refractivity contribution >= 4 is 0 Å². The van der Waals surface area contributed by atoms with Crippen molar-refractivity contribution in [1.82, 2.24) is 10.2 Å². The van der Waals surface area contributed by atoms with Gasteiger partial charge in [-0.15, -0.1) is 0 Å². The summed E-state index contributed by atoms with van der Waals surface area (Å²) in [6, 6.07) is 1.99. The van der Waals surface area contributed by atoms with Crippen molar-refractivity contribution in [3.8, 4) is 0 Å². The topological polar surface area (TPSA) is 37.6 Å². The van der Waals surface area contributed by atoms with E-state index in [-0.39, 0.29) is 11.1 Å². The van der Waals surface area contributed by atoms with Crippen LogP contribution >= 0.6 is 0 Å². The zero-order valence-corrected chi connectivity index (χ0v) is 14.0. The maximum Gasteiger partial charge on any atom is 0.123 e. The van der Waals surface area contributed by atoms with Crippen molar-refractivity contribution in [1.29, 1.82) is 0 Å². The van der Waals surface area contributed by atoms with Crippen LogP contribution in [0.25, 0.3) is 0 Å². The molecule has 20 heavy (non-hydrogen) atoms. The molecule has 0 fully saturated rings. The fraction of sp³-hybridized carbons (Fsp3) is 0.750. The third-order valence-corrected chi connectivity index (χ3v) is 3.54. The number of hydrogen-bond acceptors (Lipinski definition) is 4. The summed E-state index contributed by atoms with van der Waals surface area (Å²) in [4.78, 5) is 2.17. The second kappa shape index (κ2) is 6.74. The standard InChI is InChI=1S/C16H30N2O2/c1-15(2,3)17-10-14-13(8-9-20-14)11-19-12-16(4,5)18(6)7/h8-9,17H,10-12H2,1-7H3. The van der Waals surface area contributed by atoms with E-state index in [1.165, 1.54) is 0 Å². The molecule has 0 aromatic carbocycles. The normalized spacial score (nSPS) is 13.2. The molecule has 1 aromatic rings. The second-order valence-electron chi connectivity index (χ2n) is 7.17. The Morgan fingerprint density at radius 2 is 1.85 bits per heavy atom. The van der Waals surface area contributed by atoms with E-state index in [2.05, 4.69) is 58.9 Å². The third kappa shape index (κ3) is 5.65. The van der Waals surface area contributed by atoms with Gasteiger partial charge in [-0.3, -0.25) is 0 Å². The molecule has 0 spiro atoms. The van der Waals surface area contributed by atoms with Crippen molar-refractivity contribution < 1.29 is 9.15 Å². The SMILES string of the molecule is CN(C)C(C)(C)COCc1ccoc1CNC(C)(C)C. The minimum Gasteiger partial charge on any atom is -0.468 e. The van der Waals surface area contributed by atoms with Crippen LogP contribution in [0.4, 0.5) is 0 Å². The first-order valence-corrected chi connectivity index (χ1v) is 7.17. The Morgan fingerprint density at radius 3 is 2.40 bits per heavy atom. The molecular weight excluding hydrogens is 252 g/mol. The molecule has 0 aliphatic rings. The highest BCUT2D eigenvalue weighted by atomic mass is 16.5. The molecule has 0 unspecified atom stereocenters. The lowest BCUT2D eigenvalue weighted by Gasteiger charge is -2.32. The van der Waals surface area contributed by atoms with E-state index in [0.29, 0.717) is 13.2 Å². The smallest absolute Gasteiger partial charge is 0.123 e. The summed E-state index contributed by atoms with van der Waals surface area (Å²) in [5.41, 5.74) is 1.24.